The van der Waals surface area contributed by atoms with Gasteiger partial charge in [-0.05, 0) is 31.6 Å². The van der Waals surface area contributed by atoms with Crippen LogP contribution in [0.4, 0.5) is 0 Å². The molecule has 1 N–H and O–H groups in total. The molecule has 0 amide bonds. The van der Waals surface area contributed by atoms with Crippen molar-refractivity contribution >= 4 is 0 Å². The highest BCUT2D eigenvalue weighted by Gasteiger charge is 2.21. The first-order valence-corrected chi connectivity index (χ1v) is 4.79. The molecule has 2 nitrogen and oxygen atoms in total. The third kappa shape index (κ3) is 1.83. The van der Waals surface area contributed by atoms with E-state index in [1.54, 1.807) is 0 Å². The fraction of sp³-hybridized carbons (Fsp3) is 0.455. The predicted octanol–water partition coefficient (Wildman–Crippen LogP) is 1.60. The second-order valence-corrected chi connectivity index (χ2v) is 3.44. The average Bonchev–Trinajstić information content (AvgIpc) is 2.57. The fourth-order valence-electron chi connectivity index (χ4n) is 1.72. The Morgan fingerprint density at radius 3 is 3.08 bits per heavy atom. The van der Waals surface area contributed by atoms with Crippen LogP contribution in [0.2, 0.25) is 0 Å². The lowest BCUT2D eigenvalue weighted by Gasteiger charge is -2.09. The molecular formula is C11H15NO. The Kier molecular flexibility index (Phi) is 2.50. The van der Waals surface area contributed by atoms with Crippen LogP contribution in [0.15, 0.2) is 24.3 Å². The van der Waals surface area contributed by atoms with Crippen LogP contribution in [0.25, 0.3) is 0 Å². The second-order valence-electron chi connectivity index (χ2n) is 3.44. The molecule has 1 heterocycles. The van der Waals surface area contributed by atoms with Crippen molar-refractivity contribution in [1.82, 2.24) is 5.32 Å². The smallest absolute Gasteiger partial charge is 0.123 e. The van der Waals surface area contributed by atoms with Crippen LogP contribution < -0.4 is 10.1 Å². The maximum atomic E-state index is 5.77. The predicted molar refractivity (Wildman–Crippen MR) is 53.1 cm³/mol. The quantitative estimate of drug-likeness (QED) is 0.757. The number of rotatable bonds is 3. The molecule has 70 valence electrons. The standard InChI is InChI=1S/C11H15NO/c1-12-7-6-10-8-9-4-2-3-5-11(9)13-10/h2-5,10,12H,6-8H2,1H3. The van der Waals surface area contributed by atoms with Gasteiger partial charge in [0, 0.05) is 6.42 Å². The van der Waals surface area contributed by atoms with Gasteiger partial charge in [0.2, 0.25) is 0 Å². The summed E-state index contributed by atoms with van der Waals surface area (Å²) in [5, 5.41) is 3.14. The van der Waals surface area contributed by atoms with Crippen LogP contribution >= 0.6 is 0 Å². The topological polar surface area (TPSA) is 21.3 Å². The number of hydrogen-bond acceptors (Lipinski definition) is 2. The summed E-state index contributed by atoms with van der Waals surface area (Å²) in [5.74, 6) is 1.07. The third-order valence-corrected chi connectivity index (χ3v) is 2.43. The Morgan fingerprint density at radius 1 is 1.46 bits per heavy atom. The van der Waals surface area contributed by atoms with Gasteiger partial charge in [0.05, 0.1) is 0 Å². The van der Waals surface area contributed by atoms with E-state index < -0.39 is 0 Å². The van der Waals surface area contributed by atoms with E-state index in [1.165, 1.54) is 5.56 Å². The van der Waals surface area contributed by atoms with Gasteiger partial charge in [-0.1, -0.05) is 18.2 Å². The number of nitrogens with one attached hydrogen (secondary N) is 1. The van der Waals surface area contributed by atoms with E-state index in [-0.39, 0.29) is 0 Å². The van der Waals surface area contributed by atoms with Gasteiger partial charge in [0.25, 0.3) is 0 Å². The van der Waals surface area contributed by atoms with Crippen LogP contribution in [0, 0.1) is 0 Å². The second kappa shape index (κ2) is 3.79. The summed E-state index contributed by atoms with van der Waals surface area (Å²) in [6.45, 7) is 1.03. The van der Waals surface area contributed by atoms with Crippen LogP contribution in [0.1, 0.15) is 12.0 Å². The van der Waals surface area contributed by atoms with Gasteiger partial charge in [0.1, 0.15) is 11.9 Å². The van der Waals surface area contributed by atoms with Gasteiger partial charge in [-0.2, -0.15) is 0 Å². The molecular weight excluding hydrogens is 162 g/mol. The van der Waals surface area contributed by atoms with E-state index in [9.17, 15) is 0 Å². The molecule has 2 heteroatoms. The molecule has 1 aromatic carbocycles. The minimum absolute atomic E-state index is 0.379. The van der Waals surface area contributed by atoms with E-state index in [0.29, 0.717) is 6.10 Å². The minimum atomic E-state index is 0.379. The molecule has 1 aromatic rings. The Morgan fingerprint density at radius 2 is 2.31 bits per heavy atom. The molecule has 1 aliphatic heterocycles. The van der Waals surface area contributed by atoms with E-state index in [1.807, 2.05) is 13.1 Å². The lowest BCUT2D eigenvalue weighted by Crippen LogP contribution is -2.20. The average molecular weight is 177 g/mol. The lowest BCUT2D eigenvalue weighted by molar-refractivity contribution is 0.221. The Balaban J connectivity index is 1.97. The first kappa shape index (κ1) is 8.57. The van der Waals surface area contributed by atoms with Gasteiger partial charge in [-0.15, -0.1) is 0 Å². The van der Waals surface area contributed by atoms with Crippen molar-refractivity contribution in [2.24, 2.45) is 0 Å². The Hall–Kier alpha value is -1.02. The van der Waals surface area contributed by atoms with Crippen LogP contribution in [-0.2, 0) is 6.42 Å². The van der Waals surface area contributed by atoms with Crippen LogP contribution in [0.3, 0.4) is 0 Å². The molecule has 1 aliphatic rings. The largest absolute Gasteiger partial charge is 0.490 e. The normalized spacial score (nSPS) is 19.6. The Labute approximate surface area is 78.9 Å². The minimum Gasteiger partial charge on any atom is -0.490 e. The number of fused-ring (bicyclic) bond motifs is 1. The molecule has 0 bridgehead atoms. The molecule has 2 rings (SSSR count). The first-order chi connectivity index (χ1) is 6.40. The van der Waals surface area contributed by atoms with Gasteiger partial charge in [-0.25, -0.2) is 0 Å². The van der Waals surface area contributed by atoms with Gasteiger partial charge < -0.3 is 10.1 Å². The molecule has 0 saturated carbocycles. The molecule has 0 aliphatic carbocycles. The van der Waals surface area contributed by atoms with Crippen molar-refractivity contribution in [3.05, 3.63) is 29.8 Å². The molecule has 0 aromatic heterocycles. The molecule has 1 unspecified atom stereocenters. The maximum absolute atomic E-state index is 5.77. The first-order valence-electron chi connectivity index (χ1n) is 4.79. The van der Waals surface area contributed by atoms with Crippen molar-refractivity contribution in [2.45, 2.75) is 18.9 Å². The monoisotopic (exact) mass is 177 g/mol. The summed E-state index contributed by atoms with van der Waals surface area (Å²) >= 11 is 0. The molecule has 13 heavy (non-hydrogen) atoms. The Bertz CT molecular complexity index is 260. The van der Waals surface area contributed by atoms with Gasteiger partial charge in [-0.3, -0.25) is 0 Å². The summed E-state index contributed by atoms with van der Waals surface area (Å²) in [5.41, 5.74) is 1.35. The highest BCUT2D eigenvalue weighted by atomic mass is 16.5. The summed E-state index contributed by atoms with van der Waals surface area (Å²) in [6, 6.07) is 8.30. The van der Waals surface area contributed by atoms with E-state index in [0.717, 1.165) is 25.1 Å². The number of hydrogen-bond donors (Lipinski definition) is 1. The zero-order valence-corrected chi connectivity index (χ0v) is 7.92. The van der Waals surface area contributed by atoms with E-state index in [4.69, 9.17) is 4.74 Å². The summed E-state index contributed by atoms with van der Waals surface area (Å²) < 4.78 is 5.77. The molecule has 0 fully saturated rings. The van der Waals surface area contributed by atoms with Crippen LogP contribution in [0.5, 0.6) is 5.75 Å². The highest BCUT2D eigenvalue weighted by molar-refractivity contribution is 5.37. The highest BCUT2D eigenvalue weighted by Crippen LogP contribution is 2.28. The number of para-hydroxylation sites is 1. The van der Waals surface area contributed by atoms with Crippen molar-refractivity contribution in [1.29, 1.82) is 0 Å². The fourth-order valence-corrected chi connectivity index (χ4v) is 1.72. The van der Waals surface area contributed by atoms with Gasteiger partial charge in [0.15, 0.2) is 0 Å². The molecule has 1 atom stereocenters. The summed E-state index contributed by atoms with van der Waals surface area (Å²) in [4.78, 5) is 0. The zero-order chi connectivity index (χ0) is 9.10. The third-order valence-electron chi connectivity index (χ3n) is 2.43. The maximum Gasteiger partial charge on any atom is 0.123 e. The number of benzene rings is 1. The zero-order valence-electron chi connectivity index (χ0n) is 7.92. The van der Waals surface area contributed by atoms with Gasteiger partial charge >= 0.3 is 0 Å². The molecule has 0 spiro atoms. The summed E-state index contributed by atoms with van der Waals surface area (Å²) in [7, 11) is 1.97. The molecule has 0 saturated heterocycles. The van der Waals surface area contributed by atoms with E-state index in [2.05, 4.69) is 23.5 Å². The van der Waals surface area contributed by atoms with Crippen molar-refractivity contribution in [3.63, 3.8) is 0 Å². The number of ether oxygens (including phenoxy) is 1. The van der Waals surface area contributed by atoms with Crippen molar-refractivity contribution in [2.75, 3.05) is 13.6 Å². The van der Waals surface area contributed by atoms with Crippen molar-refractivity contribution in [3.8, 4) is 5.75 Å². The lowest BCUT2D eigenvalue weighted by atomic mass is 10.1. The van der Waals surface area contributed by atoms with Crippen LogP contribution in [-0.4, -0.2) is 19.7 Å². The SMILES string of the molecule is CNCCC1Cc2ccccc2O1. The molecule has 0 radical (unpaired) electrons. The van der Waals surface area contributed by atoms with E-state index >= 15 is 0 Å². The van der Waals surface area contributed by atoms with Crippen molar-refractivity contribution < 1.29 is 4.74 Å². The summed E-state index contributed by atoms with van der Waals surface area (Å²) in [6.07, 6.45) is 2.54.